The highest BCUT2D eigenvalue weighted by molar-refractivity contribution is 7.80. The molecule has 0 atom stereocenters. The maximum atomic E-state index is 12.4. The van der Waals surface area contributed by atoms with Crippen molar-refractivity contribution < 1.29 is 17.9 Å². The lowest BCUT2D eigenvalue weighted by Crippen LogP contribution is -2.24. The van der Waals surface area contributed by atoms with Crippen molar-refractivity contribution in [2.24, 2.45) is 4.99 Å². The second-order valence-electron chi connectivity index (χ2n) is 10.2. The maximum Gasteiger partial charge on any atom is 0.573 e. The van der Waals surface area contributed by atoms with Crippen LogP contribution in [-0.4, -0.2) is 30.8 Å². The van der Waals surface area contributed by atoms with Gasteiger partial charge in [0.05, 0.1) is 11.4 Å². The van der Waals surface area contributed by atoms with E-state index in [4.69, 9.17) is 17.2 Å². The smallest absolute Gasteiger partial charge is 0.406 e. The number of hydrogen-bond acceptors (Lipinski definition) is 5. The van der Waals surface area contributed by atoms with Crippen LogP contribution in [0, 0.1) is 13.8 Å². The largest absolute Gasteiger partial charge is 0.573 e. The summed E-state index contributed by atoms with van der Waals surface area (Å²) in [6.45, 7) is 9.04. The number of benzene rings is 3. The first-order chi connectivity index (χ1) is 20.5. The first kappa shape index (κ1) is 30.2. The fourth-order valence-electron chi connectivity index (χ4n) is 4.50. The van der Waals surface area contributed by atoms with Crippen LogP contribution in [0.15, 0.2) is 83.4 Å². The Morgan fingerprint density at radius 2 is 1.77 bits per heavy atom. The van der Waals surface area contributed by atoms with Gasteiger partial charge in [-0.3, -0.25) is 4.57 Å². The van der Waals surface area contributed by atoms with E-state index in [0.717, 1.165) is 27.3 Å². The molecule has 43 heavy (non-hydrogen) atoms. The SMILES string of the molecule is Cc1ccc(-n2c(C)cs/c2=N\C(=S)NCc2ccc(-c3ncn(-c4ccc(OC(F)(F)F)cc4)n3)cc2)c(C(C)C)c1. The second-order valence-corrected chi connectivity index (χ2v) is 11.5. The molecule has 3 aromatic carbocycles. The Kier molecular flexibility index (Phi) is 8.79. The van der Waals surface area contributed by atoms with Gasteiger partial charge in [-0.2, -0.15) is 4.99 Å². The van der Waals surface area contributed by atoms with Gasteiger partial charge in [-0.15, -0.1) is 29.6 Å². The molecule has 0 bridgehead atoms. The first-order valence-electron chi connectivity index (χ1n) is 13.4. The van der Waals surface area contributed by atoms with Crippen molar-refractivity contribution in [2.45, 2.75) is 46.5 Å². The van der Waals surface area contributed by atoms with Gasteiger partial charge in [0.2, 0.25) is 0 Å². The topological polar surface area (TPSA) is 69.3 Å². The van der Waals surface area contributed by atoms with Crippen molar-refractivity contribution >= 4 is 28.7 Å². The summed E-state index contributed by atoms with van der Waals surface area (Å²) < 4.78 is 44.8. The maximum absolute atomic E-state index is 12.4. The molecule has 1 N–H and O–H groups in total. The van der Waals surface area contributed by atoms with Crippen molar-refractivity contribution in [3.05, 3.63) is 106 Å². The number of nitrogens with zero attached hydrogens (tertiary/aromatic N) is 5. The van der Waals surface area contributed by atoms with Crippen molar-refractivity contribution in [2.75, 3.05) is 0 Å². The Hall–Kier alpha value is -4.29. The molecule has 0 radical (unpaired) electrons. The van der Waals surface area contributed by atoms with E-state index < -0.39 is 6.36 Å². The number of nitrogens with one attached hydrogen (secondary N) is 1. The monoisotopic (exact) mass is 622 g/mol. The molecule has 0 amide bonds. The lowest BCUT2D eigenvalue weighted by molar-refractivity contribution is -0.274. The number of ether oxygens (including phenoxy) is 1. The number of aryl methyl sites for hydroxylation is 2. The minimum Gasteiger partial charge on any atom is -0.406 e. The molecule has 2 aromatic heterocycles. The number of rotatable bonds is 7. The van der Waals surface area contributed by atoms with Crippen LogP contribution in [0.1, 0.15) is 42.1 Å². The Bertz CT molecular complexity index is 1800. The van der Waals surface area contributed by atoms with Gasteiger partial charge in [-0.1, -0.05) is 55.8 Å². The molecule has 0 saturated heterocycles. The normalized spacial score (nSPS) is 12.1. The minimum atomic E-state index is -4.74. The lowest BCUT2D eigenvalue weighted by Gasteiger charge is -2.16. The predicted molar refractivity (Wildman–Crippen MR) is 166 cm³/mol. The zero-order valence-corrected chi connectivity index (χ0v) is 25.5. The van der Waals surface area contributed by atoms with Gasteiger partial charge in [0.25, 0.3) is 0 Å². The number of hydrogen-bond donors (Lipinski definition) is 1. The van der Waals surface area contributed by atoms with Gasteiger partial charge in [0, 0.05) is 23.2 Å². The average molecular weight is 623 g/mol. The molecule has 5 rings (SSSR count). The van der Waals surface area contributed by atoms with Gasteiger partial charge < -0.3 is 10.1 Å². The van der Waals surface area contributed by atoms with Crippen LogP contribution in [0.25, 0.3) is 22.8 Å². The van der Waals surface area contributed by atoms with E-state index in [0.29, 0.717) is 29.1 Å². The molecule has 0 unspecified atom stereocenters. The molecule has 12 heteroatoms. The fraction of sp³-hybridized carbons (Fsp3) is 0.226. The highest BCUT2D eigenvalue weighted by Gasteiger charge is 2.31. The van der Waals surface area contributed by atoms with Gasteiger partial charge in [-0.25, -0.2) is 9.67 Å². The molecule has 2 heterocycles. The summed E-state index contributed by atoms with van der Waals surface area (Å²) in [6.07, 6.45) is -3.24. The van der Waals surface area contributed by atoms with Gasteiger partial charge in [0.1, 0.15) is 12.1 Å². The van der Waals surface area contributed by atoms with Crippen molar-refractivity contribution in [1.29, 1.82) is 0 Å². The average Bonchev–Trinajstić information content (AvgIpc) is 3.59. The molecule has 0 aliphatic rings. The van der Waals surface area contributed by atoms with E-state index >= 15 is 0 Å². The molecule has 7 nitrogen and oxygen atoms in total. The summed E-state index contributed by atoms with van der Waals surface area (Å²) in [5, 5.41) is 10.2. The highest BCUT2D eigenvalue weighted by Crippen LogP contribution is 2.26. The number of halogens is 3. The zero-order valence-electron chi connectivity index (χ0n) is 23.9. The van der Waals surface area contributed by atoms with E-state index in [2.05, 4.69) is 76.0 Å². The zero-order chi connectivity index (χ0) is 30.7. The van der Waals surface area contributed by atoms with Crippen LogP contribution >= 0.6 is 23.6 Å². The quantitative estimate of drug-likeness (QED) is 0.192. The van der Waals surface area contributed by atoms with Crippen molar-refractivity contribution in [3.63, 3.8) is 0 Å². The van der Waals surface area contributed by atoms with Crippen LogP contribution in [0.3, 0.4) is 0 Å². The summed E-state index contributed by atoms with van der Waals surface area (Å²) in [6, 6.07) is 19.6. The molecule has 0 spiro atoms. The van der Waals surface area contributed by atoms with E-state index in [1.807, 2.05) is 24.3 Å². The van der Waals surface area contributed by atoms with Crippen molar-refractivity contribution in [1.82, 2.24) is 24.6 Å². The molecular weight excluding hydrogens is 594 g/mol. The Morgan fingerprint density at radius 3 is 2.44 bits per heavy atom. The molecule has 0 aliphatic carbocycles. The Balaban J connectivity index is 1.25. The summed E-state index contributed by atoms with van der Waals surface area (Å²) in [7, 11) is 0. The van der Waals surface area contributed by atoms with E-state index in [9.17, 15) is 13.2 Å². The molecular formula is C31H29F3N6OS2. The van der Waals surface area contributed by atoms with Crippen molar-refractivity contribution in [3.8, 4) is 28.5 Å². The summed E-state index contributed by atoms with van der Waals surface area (Å²) in [4.78, 5) is 9.88. The van der Waals surface area contributed by atoms with Crippen LogP contribution in [-0.2, 0) is 6.54 Å². The molecule has 222 valence electrons. The number of alkyl halides is 3. The molecule has 5 aromatic rings. The third-order valence-electron chi connectivity index (χ3n) is 6.60. The summed E-state index contributed by atoms with van der Waals surface area (Å²) >= 11 is 7.12. The summed E-state index contributed by atoms with van der Waals surface area (Å²) in [5.41, 5.74) is 7.03. The van der Waals surface area contributed by atoms with E-state index in [1.165, 1.54) is 46.4 Å². The third-order valence-corrected chi connectivity index (χ3v) is 7.78. The highest BCUT2D eigenvalue weighted by atomic mass is 32.1. The van der Waals surface area contributed by atoms with Crippen LogP contribution in [0.5, 0.6) is 5.75 Å². The fourth-order valence-corrected chi connectivity index (χ4v) is 5.59. The van der Waals surface area contributed by atoms with Crippen LogP contribution in [0.2, 0.25) is 0 Å². The number of thiazole rings is 1. The Morgan fingerprint density at radius 1 is 1.05 bits per heavy atom. The molecule has 0 saturated carbocycles. The van der Waals surface area contributed by atoms with E-state index in [-0.39, 0.29) is 5.75 Å². The van der Waals surface area contributed by atoms with E-state index in [1.54, 1.807) is 11.3 Å². The number of aromatic nitrogens is 4. The van der Waals surface area contributed by atoms with Gasteiger partial charge >= 0.3 is 6.36 Å². The van der Waals surface area contributed by atoms with Gasteiger partial charge in [-0.05, 0) is 73.4 Å². The summed E-state index contributed by atoms with van der Waals surface area (Å²) in [5.74, 6) is 0.541. The standard InChI is InChI=1S/C31H29F3N6OS2/c1-19(2)26-15-20(3)5-14-27(26)40-21(4)17-43-30(40)37-29(42)35-16-22-6-8-23(9-7-22)28-36-18-39(38-28)24-10-12-25(13-11-24)41-31(32,33)34/h5-15,17-19H,16H2,1-4H3,(H,35,42)/b37-30-. The minimum absolute atomic E-state index is 0.302. The molecule has 0 fully saturated rings. The predicted octanol–water partition coefficient (Wildman–Crippen LogP) is 7.40. The lowest BCUT2D eigenvalue weighted by atomic mass is 9.99. The van der Waals surface area contributed by atoms with Gasteiger partial charge in [0.15, 0.2) is 15.7 Å². The second kappa shape index (κ2) is 12.5. The Labute approximate surface area is 256 Å². The van der Waals surface area contributed by atoms with Crippen LogP contribution in [0.4, 0.5) is 13.2 Å². The molecule has 0 aliphatic heterocycles. The van der Waals surface area contributed by atoms with Crippen LogP contribution < -0.4 is 14.9 Å². The number of thiocarbonyl (C=S) groups is 1. The first-order valence-corrected chi connectivity index (χ1v) is 14.7. The third kappa shape index (κ3) is 7.38.